The molecule has 3 aromatic rings. The number of fused-ring (bicyclic) bond motifs is 1. The molecule has 1 aliphatic rings. The molecule has 0 bridgehead atoms. The van der Waals surface area contributed by atoms with Crippen LogP contribution in [0.15, 0.2) is 59.8 Å². The minimum Gasteiger partial charge on any atom is -0.272 e. The summed E-state index contributed by atoms with van der Waals surface area (Å²) in [6, 6.07) is 18.1. The van der Waals surface area contributed by atoms with E-state index in [1.807, 2.05) is 49.4 Å². The van der Waals surface area contributed by atoms with E-state index in [9.17, 15) is 4.79 Å². The van der Waals surface area contributed by atoms with Gasteiger partial charge in [0, 0.05) is 17.2 Å². The molecule has 0 saturated heterocycles. The topological polar surface area (TPSA) is 47.8 Å². The number of aryl methyl sites for hydroxylation is 1. The zero-order valence-corrected chi connectivity index (χ0v) is 13.5. The van der Waals surface area contributed by atoms with E-state index in [0.717, 1.165) is 11.1 Å². The third-order valence-electron chi connectivity index (χ3n) is 3.90. The van der Waals surface area contributed by atoms with Crippen molar-refractivity contribution in [2.45, 2.75) is 23.8 Å². The molecule has 4 nitrogen and oxygen atoms in total. The molecule has 23 heavy (non-hydrogen) atoms. The number of thioether (sulfide) groups is 1. The molecule has 0 spiro atoms. The second-order valence-electron chi connectivity index (χ2n) is 5.61. The highest BCUT2D eigenvalue weighted by molar-refractivity contribution is 7.99. The van der Waals surface area contributed by atoms with Crippen molar-refractivity contribution in [3.8, 4) is 11.4 Å². The van der Waals surface area contributed by atoms with Crippen LogP contribution in [0.5, 0.6) is 0 Å². The van der Waals surface area contributed by atoms with Gasteiger partial charge in [-0.25, -0.2) is 4.98 Å². The molecule has 2 heterocycles. The van der Waals surface area contributed by atoms with Gasteiger partial charge >= 0.3 is 0 Å². The van der Waals surface area contributed by atoms with Gasteiger partial charge in [-0.2, -0.15) is 4.68 Å². The van der Waals surface area contributed by atoms with Crippen molar-refractivity contribution >= 4 is 17.7 Å². The Bertz CT molecular complexity index is 856. The van der Waals surface area contributed by atoms with Crippen LogP contribution in [-0.2, 0) is 0 Å². The Morgan fingerprint density at radius 3 is 2.57 bits per heavy atom. The first-order valence-electron chi connectivity index (χ1n) is 7.49. The lowest BCUT2D eigenvalue weighted by molar-refractivity contribution is 0.0868. The highest BCUT2D eigenvalue weighted by Crippen LogP contribution is 2.41. The van der Waals surface area contributed by atoms with Crippen LogP contribution < -0.4 is 0 Å². The Morgan fingerprint density at radius 1 is 1.09 bits per heavy atom. The van der Waals surface area contributed by atoms with E-state index >= 15 is 0 Å². The average molecular weight is 321 g/mol. The first kappa shape index (κ1) is 14.2. The molecular weight excluding hydrogens is 306 g/mol. The van der Waals surface area contributed by atoms with Crippen LogP contribution in [0.25, 0.3) is 11.4 Å². The molecule has 1 atom stereocenters. The van der Waals surface area contributed by atoms with Crippen molar-refractivity contribution < 1.29 is 4.79 Å². The molecule has 2 aromatic carbocycles. The summed E-state index contributed by atoms with van der Waals surface area (Å²) in [5.74, 6) is 0.605. The Morgan fingerprint density at radius 2 is 1.83 bits per heavy atom. The van der Waals surface area contributed by atoms with Crippen LogP contribution in [0.3, 0.4) is 0 Å². The molecule has 1 unspecified atom stereocenters. The lowest BCUT2D eigenvalue weighted by Gasteiger charge is -2.20. The lowest BCUT2D eigenvalue weighted by atomic mass is 10.1. The van der Waals surface area contributed by atoms with Crippen LogP contribution in [-0.4, -0.2) is 20.7 Å². The van der Waals surface area contributed by atoms with Crippen LogP contribution in [0.1, 0.15) is 27.6 Å². The van der Waals surface area contributed by atoms with E-state index in [0.29, 0.717) is 17.4 Å². The predicted octanol–water partition coefficient (Wildman–Crippen LogP) is 4.13. The van der Waals surface area contributed by atoms with Crippen molar-refractivity contribution in [1.82, 2.24) is 14.8 Å². The summed E-state index contributed by atoms with van der Waals surface area (Å²) in [5.41, 5.74) is 3.27. The molecule has 0 fully saturated rings. The van der Waals surface area contributed by atoms with Crippen LogP contribution >= 0.6 is 11.8 Å². The average Bonchev–Trinajstić information content (AvgIpc) is 3.01. The van der Waals surface area contributed by atoms with Gasteiger partial charge in [0.2, 0.25) is 0 Å². The summed E-state index contributed by atoms with van der Waals surface area (Å²) in [6.07, 6.45) is 0.443. The maximum absolute atomic E-state index is 12.4. The number of nitrogens with zero attached hydrogens (tertiary/aromatic N) is 3. The van der Waals surface area contributed by atoms with E-state index in [1.54, 1.807) is 11.8 Å². The molecule has 114 valence electrons. The van der Waals surface area contributed by atoms with Gasteiger partial charge in [0.05, 0.1) is 0 Å². The molecule has 1 aromatic heterocycles. The highest BCUT2D eigenvalue weighted by Gasteiger charge is 2.29. The fourth-order valence-electron chi connectivity index (χ4n) is 2.63. The molecule has 0 saturated carbocycles. The maximum Gasteiger partial charge on any atom is 0.250 e. The van der Waals surface area contributed by atoms with Crippen LogP contribution in [0.2, 0.25) is 0 Å². The number of benzene rings is 2. The molecule has 1 aliphatic heterocycles. The van der Waals surface area contributed by atoms with Crippen molar-refractivity contribution in [3.05, 3.63) is 65.7 Å². The largest absolute Gasteiger partial charge is 0.272 e. The van der Waals surface area contributed by atoms with Crippen LogP contribution in [0, 0.1) is 6.92 Å². The second-order valence-corrected chi connectivity index (χ2v) is 6.78. The van der Waals surface area contributed by atoms with E-state index in [-0.39, 0.29) is 11.2 Å². The van der Waals surface area contributed by atoms with Gasteiger partial charge in [0.25, 0.3) is 5.91 Å². The summed E-state index contributed by atoms with van der Waals surface area (Å²) >= 11 is 1.60. The Kier molecular flexibility index (Phi) is 3.50. The first-order chi connectivity index (χ1) is 11.2. The summed E-state index contributed by atoms with van der Waals surface area (Å²) in [5, 5.41) is 5.17. The summed E-state index contributed by atoms with van der Waals surface area (Å²) in [7, 11) is 0. The molecular formula is C18H15N3OS. The van der Waals surface area contributed by atoms with Gasteiger partial charge in [-0.1, -0.05) is 71.9 Å². The van der Waals surface area contributed by atoms with Gasteiger partial charge in [-0.05, 0) is 12.5 Å². The quantitative estimate of drug-likeness (QED) is 0.712. The van der Waals surface area contributed by atoms with E-state index in [4.69, 9.17) is 0 Å². The monoisotopic (exact) mass is 321 g/mol. The zero-order valence-electron chi connectivity index (χ0n) is 12.6. The molecule has 0 N–H and O–H groups in total. The third-order valence-corrected chi connectivity index (χ3v) is 5.10. The summed E-state index contributed by atoms with van der Waals surface area (Å²) in [6.45, 7) is 2.04. The minimum absolute atomic E-state index is 0.00142. The van der Waals surface area contributed by atoms with Crippen molar-refractivity contribution in [3.63, 3.8) is 0 Å². The smallest absolute Gasteiger partial charge is 0.250 e. The van der Waals surface area contributed by atoms with Gasteiger partial charge in [-0.3, -0.25) is 4.79 Å². The van der Waals surface area contributed by atoms with E-state index < -0.39 is 0 Å². The first-order valence-corrected chi connectivity index (χ1v) is 8.37. The van der Waals surface area contributed by atoms with Crippen LogP contribution in [0.4, 0.5) is 0 Å². The summed E-state index contributed by atoms with van der Waals surface area (Å²) in [4.78, 5) is 17.0. The van der Waals surface area contributed by atoms with E-state index in [1.165, 1.54) is 10.2 Å². The van der Waals surface area contributed by atoms with Gasteiger partial charge in [0.15, 0.2) is 11.0 Å². The minimum atomic E-state index is -0.00142. The number of carbonyl (C=O) groups is 1. The standard InChI is InChI=1S/C18H15N3OS/c1-12-7-9-14(10-8-12)17-19-18-21(20-17)16(22)11-15(23-18)13-5-3-2-4-6-13/h2-10,15H,11H2,1H3. The van der Waals surface area contributed by atoms with Gasteiger partial charge in [-0.15, -0.1) is 5.10 Å². The fourth-order valence-corrected chi connectivity index (χ4v) is 3.78. The summed E-state index contributed by atoms with van der Waals surface area (Å²) < 4.78 is 1.44. The number of hydrogen-bond acceptors (Lipinski definition) is 4. The molecule has 0 aliphatic carbocycles. The Balaban J connectivity index is 1.68. The number of aromatic nitrogens is 3. The van der Waals surface area contributed by atoms with Crippen molar-refractivity contribution in [2.75, 3.05) is 0 Å². The molecule has 0 radical (unpaired) electrons. The van der Waals surface area contributed by atoms with Gasteiger partial charge < -0.3 is 0 Å². The Hall–Kier alpha value is -2.40. The Labute approximate surface area is 138 Å². The van der Waals surface area contributed by atoms with Crippen molar-refractivity contribution in [2.24, 2.45) is 0 Å². The van der Waals surface area contributed by atoms with Gasteiger partial charge in [0.1, 0.15) is 0 Å². The third kappa shape index (κ3) is 2.68. The zero-order chi connectivity index (χ0) is 15.8. The van der Waals surface area contributed by atoms with E-state index in [2.05, 4.69) is 22.2 Å². The number of rotatable bonds is 2. The predicted molar refractivity (Wildman–Crippen MR) is 90.5 cm³/mol. The number of carbonyl (C=O) groups excluding carboxylic acids is 1. The SMILES string of the molecule is Cc1ccc(-c2nc3n(n2)C(=O)CC(c2ccccc2)S3)cc1. The maximum atomic E-state index is 12.4. The highest BCUT2D eigenvalue weighted by atomic mass is 32.2. The fraction of sp³-hybridized carbons (Fsp3) is 0.167. The molecule has 4 rings (SSSR count). The number of hydrogen-bond donors (Lipinski definition) is 0. The molecule has 0 amide bonds. The van der Waals surface area contributed by atoms with Crippen molar-refractivity contribution in [1.29, 1.82) is 0 Å². The second kappa shape index (κ2) is 5.66. The molecule has 5 heteroatoms. The lowest BCUT2D eigenvalue weighted by Crippen LogP contribution is -2.20. The normalized spacial score (nSPS) is 17.1.